The van der Waals surface area contributed by atoms with Gasteiger partial charge in [-0.25, -0.2) is 0 Å². The second-order valence-electron chi connectivity index (χ2n) is 6.63. The van der Waals surface area contributed by atoms with Gasteiger partial charge in [0.1, 0.15) is 11.4 Å². The molecule has 0 aromatic heterocycles. The fraction of sp³-hybridized carbons (Fsp3) is 0.217. The average Bonchev–Trinajstić information content (AvgIpc) is 2.92. The molecule has 2 aromatic carbocycles. The van der Waals surface area contributed by atoms with Crippen molar-refractivity contribution in [2.75, 3.05) is 18.5 Å². The number of ether oxygens (including phenoxy) is 1. The molecule has 1 N–H and O–H groups in total. The number of amides is 2. The number of aryl methyl sites for hydroxylation is 1. The highest BCUT2D eigenvalue weighted by Crippen LogP contribution is 2.31. The smallest absolute Gasteiger partial charge is 0.278 e. The molecule has 5 nitrogen and oxygen atoms in total. The Kier molecular flexibility index (Phi) is 5.94. The van der Waals surface area contributed by atoms with Crippen LogP contribution in [0.1, 0.15) is 24.5 Å². The Labute approximate surface area is 165 Å². The normalized spacial score (nSPS) is 13.9. The van der Waals surface area contributed by atoms with E-state index < -0.39 is 0 Å². The standard InChI is InChI=1S/C23H24N2O3/c1-4-13-25-22(26)20(17-11-9-16(3)10-12-17)21(23(25)27)24-18-7-6-8-19(15-18)28-14-5-2/h4,6-12,15,24H,1,5,13-14H2,2-3H3. The average molecular weight is 376 g/mol. The Morgan fingerprint density at radius 2 is 1.86 bits per heavy atom. The molecule has 2 amide bonds. The van der Waals surface area contributed by atoms with Crippen LogP contribution < -0.4 is 10.1 Å². The topological polar surface area (TPSA) is 58.6 Å². The second-order valence-corrected chi connectivity index (χ2v) is 6.63. The maximum atomic E-state index is 12.9. The SMILES string of the molecule is C=CCN1C(=O)C(Nc2cccc(OCCC)c2)=C(c2ccc(C)cc2)C1=O. The second kappa shape index (κ2) is 8.57. The van der Waals surface area contributed by atoms with Gasteiger partial charge in [0, 0.05) is 18.3 Å². The van der Waals surface area contributed by atoms with Crippen LogP contribution in [0.3, 0.4) is 0 Å². The molecule has 5 heteroatoms. The molecule has 0 fully saturated rings. The summed E-state index contributed by atoms with van der Waals surface area (Å²) in [5, 5.41) is 3.14. The van der Waals surface area contributed by atoms with Crippen molar-refractivity contribution >= 4 is 23.1 Å². The van der Waals surface area contributed by atoms with Crippen molar-refractivity contribution in [3.63, 3.8) is 0 Å². The highest BCUT2D eigenvalue weighted by molar-refractivity contribution is 6.36. The van der Waals surface area contributed by atoms with Crippen LogP contribution in [0.2, 0.25) is 0 Å². The van der Waals surface area contributed by atoms with E-state index in [9.17, 15) is 9.59 Å². The molecule has 28 heavy (non-hydrogen) atoms. The summed E-state index contributed by atoms with van der Waals surface area (Å²) in [4.78, 5) is 27.1. The van der Waals surface area contributed by atoms with E-state index in [2.05, 4.69) is 11.9 Å². The molecule has 0 saturated carbocycles. The maximum absolute atomic E-state index is 12.9. The molecular formula is C23H24N2O3. The lowest BCUT2D eigenvalue weighted by molar-refractivity contribution is -0.136. The molecule has 0 unspecified atom stereocenters. The number of anilines is 1. The summed E-state index contributed by atoms with van der Waals surface area (Å²) in [6.45, 7) is 8.45. The highest BCUT2D eigenvalue weighted by atomic mass is 16.5. The van der Waals surface area contributed by atoms with Crippen molar-refractivity contribution in [3.05, 3.63) is 78.0 Å². The van der Waals surface area contributed by atoms with Gasteiger partial charge in [0.15, 0.2) is 0 Å². The Hall–Kier alpha value is -3.34. The number of hydrogen-bond acceptors (Lipinski definition) is 4. The summed E-state index contributed by atoms with van der Waals surface area (Å²) in [6, 6.07) is 14.9. The van der Waals surface area contributed by atoms with Crippen LogP contribution in [-0.2, 0) is 9.59 Å². The third-order valence-electron chi connectivity index (χ3n) is 4.40. The zero-order valence-corrected chi connectivity index (χ0v) is 16.2. The largest absolute Gasteiger partial charge is 0.494 e. The lowest BCUT2D eigenvalue weighted by Gasteiger charge is -2.13. The van der Waals surface area contributed by atoms with Gasteiger partial charge in [0.25, 0.3) is 11.8 Å². The van der Waals surface area contributed by atoms with Gasteiger partial charge in [0.05, 0.1) is 12.2 Å². The van der Waals surface area contributed by atoms with Crippen LogP contribution in [-0.4, -0.2) is 29.9 Å². The van der Waals surface area contributed by atoms with Crippen LogP contribution in [0.5, 0.6) is 5.75 Å². The van der Waals surface area contributed by atoms with Crippen molar-refractivity contribution in [1.82, 2.24) is 4.90 Å². The number of carbonyl (C=O) groups excluding carboxylic acids is 2. The summed E-state index contributed by atoms with van der Waals surface area (Å²) in [6.07, 6.45) is 2.45. The summed E-state index contributed by atoms with van der Waals surface area (Å²) in [5.74, 6) is 0.0269. The zero-order chi connectivity index (χ0) is 20.1. The summed E-state index contributed by atoms with van der Waals surface area (Å²) in [5.41, 5.74) is 3.11. The molecule has 1 heterocycles. The van der Waals surface area contributed by atoms with Gasteiger partial charge >= 0.3 is 0 Å². The molecule has 0 aliphatic carbocycles. The molecule has 1 aliphatic rings. The Morgan fingerprint density at radius 1 is 1.11 bits per heavy atom. The van der Waals surface area contributed by atoms with Gasteiger partial charge in [0.2, 0.25) is 0 Å². The van der Waals surface area contributed by atoms with Crippen LogP contribution in [0.25, 0.3) is 5.57 Å². The molecule has 2 aromatic rings. The molecule has 3 rings (SSSR count). The Balaban J connectivity index is 2.00. The molecule has 144 valence electrons. The Bertz CT molecular complexity index is 929. The molecule has 0 spiro atoms. The molecular weight excluding hydrogens is 352 g/mol. The van der Waals surface area contributed by atoms with Gasteiger partial charge in [-0.2, -0.15) is 0 Å². The lowest BCUT2D eigenvalue weighted by Crippen LogP contribution is -2.32. The first-order valence-corrected chi connectivity index (χ1v) is 9.33. The third kappa shape index (κ3) is 3.98. The van der Waals surface area contributed by atoms with E-state index in [4.69, 9.17) is 4.74 Å². The van der Waals surface area contributed by atoms with Crippen molar-refractivity contribution in [3.8, 4) is 5.75 Å². The molecule has 0 radical (unpaired) electrons. The quantitative estimate of drug-likeness (QED) is 0.555. The number of benzene rings is 2. The van der Waals surface area contributed by atoms with E-state index in [-0.39, 0.29) is 24.1 Å². The van der Waals surface area contributed by atoms with Gasteiger partial charge < -0.3 is 10.1 Å². The molecule has 0 saturated heterocycles. The Morgan fingerprint density at radius 3 is 2.54 bits per heavy atom. The number of nitrogens with zero attached hydrogens (tertiary/aromatic N) is 1. The van der Waals surface area contributed by atoms with Gasteiger partial charge in [-0.1, -0.05) is 48.9 Å². The van der Waals surface area contributed by atoms with E-state index in [1.54, 1.807) is 6.08 Å². The third-order valence-corrected chi connectivity index (χ3v) is 4.40. The molecule has 0 bridgehead atoms. The first kappa shape index (κ1) is 19.4. The first-order valence-electron chi connectivity index (χ1n) is 9.33. The summed E-state index contributed by atoms with van der Waals surface area (Å²) in [7, 11) is 0. The van der Waals surface area contributed by atoms with Crippen LogP contribution in [0.15, 0.2) is 66.9 Å². The van der Waals surface area contributed by atoms with Crippen molar-refractivity contribution in [2.24, 2.45) is 0 Å². The van der Waals surface area contributed by atoms with Crippen molar-refractivity contribution < 1.29 is 14.3 Å². The zero-order valence-electron chi connectivity index (χ0n) is 16.2. The van der Waals surface area contributed by atoms with Gasteiger partial charge in [-0.05, 0) is 31.0 Å². The lowest BCUT2D eigenvalue weighted by atomic mass is 10.0. The van der Waals surface area contributed by atoms with Crippen molar-refractivity contribution in [2.45, 2.75) is 20.3 Å². The number of imide groups is 1. The predicted octanol–water partition coefficient (Wildman–Crippen LogP) is 4.16. The van der Waals surface area contributed by atoms with E-state index >= 15 is 0 Å². The van der Waals surface area contributed by atoms with Crippen molar-refractivity contribution in [1.29, 1.82) is 0 Å². The van der Waals surface area contributed by atoms with Gasteiger partial charge in [-0.15, -0.1) is 6.58 Å². The monoisotopic (exact) mass is 376 g/mol. The first-order chi connectivity index (χ1) is 13.5. The number of hydrogen-bond donors (Lipinski definition) is 1. The fourth-order valence-corrected chi connectivity index (χ4v) is 3.00. The maximum Gasteiger partial charge on any atom is 0.278 e. The fourth-order valence-electron chi connectivity index (χ4n) is 3.00. The number of rotatable bonds is 8. The van der Waals surface area contributed by atoms with E-state index in [0.29, 0.717) is 29.2 Å². The van der Waals surface area contributed by atoms with E-state index in [1.807, 2.05) is 62.4 Å². The van der Waals surface area contributed by atoms with Crippen LogP contribution in [0.4, 0.5) is 5.69 Å². The highest BCUT2D eigenvalue weighted by Gasteiger charge is 2.38. The van der Waals surface area contributed by atoms with Gasteiger partial charge in [-0.3, -0.25) is 14.5 Å². The summed E-state index contributed by atoms with van der Waals surface area (Å²) >= 11 is 0. The number of nitrogens with one attached hydrogen (secondary N) is 1. The van der Waals surface area contributed by atoms with E-state index in [1.165, 1.54) is 4.90 Å². The molecule has 0 atom stereocenters. The van der Waals surface area contributed by atoms with Crippen LogP contribution >= 0.6 is 0 Å². The summed E-state index contributed by atoms with van der Waals surface area (Å²) < 4.78 is 5.66. The minimum absolute atomic E-state index is 0.165. The minimum Gasteiger partial charge on any atom is -0.494 e. The number of carbonyl (C=O) groups is 2. The predicted molar refractivity (Wildman–Crippen MR) is 111 cm³/mol. The minimum atomic E-state index is -0.361. The van der Waals surface area contributed by atoms with E-state index in [0.717, 1.165) is 12.0 Å². The molecule has 1 aliphatic heterocycles. The van der Waals surface area contributed by atoms with Crippen LogP contribution in [0, 0.1) is 6.92 Å².